The first-order valence-corrected chi connectivity index (χ1v) is 13.6. The molecule has 0 unspecified atom stereocenters. The highest BCUT2D eigenvalue weighted by atomic mass is 32.1. The van der Waals surface area contributed by atoms with E-state index in [1.54, 1.807) is 0 Å². The first-order valence-electron chi connectivity index (χ1n) is 12.8. The normalized spacial score (nSPS) is 16.8. The molecule has 2 aliphatic rings. The number of thiophene rings is 1. The van der Waals surface area contributed by atoms with E-state index in [0.29, 0.717) is 0 Å². The summed E-state index contributed by atoms with van der Waals surface area (Å²) in [5.41, 5.74) is 11.8. The fourth-order valence-electron chi connectivity index (χ4n) is 7.16. The van der Waals surface area contributed by atoms with Crippen LogP contribution in [0, 0.1) is 0 Å². The van der Waals surface area contributed by atoms with Crippen molar-refractivity contribution in [1.82, 2.24) is 4.57 Å². The minimum Gasteiger partial charge on any atom is -0.309 e. The van der Waals surface area contributed by atoms with Crippen molar-refractivity contribution in [2.24, 2.45) is 0 Å². The zero-order chi connectivity index (χ0) is 24.1. The Morgan fingerprint density at radius 1 is 0.514 bits per heavy atom. The Hall–Kier alpha value is -4.40. The van der Waals surface area contributed by atoms with Crippen LogP contribution < -0.4 is 0 Å². The molecule has 0 fully saturated rings. The van der Waals surface area contributed by atoms with Crippen molar-refractivity contribution in [2.75, 3.05) is 0 Å². The van der Waals surface area contributed by atoms with Crippen LogP contribution in [0.1, 0.15) is 22.3 Å². The van der Waals surface area contributed by atoms with Crippen LogP contribution in [-0.4, -0.2) is 4.57 Å². The summed E-state index contributed by atoms with van der Waals surface area (Å²) in [4.78, 5) is 1.41. The van der Waals surface area contributed by atoms with Gasteiger partial charge >= 0.3 is 0 Å². The van der Waals surface area contributed by atoms with Crippen molar-refractivity contribution in [3.8, 4) is 27.4 Å². The molecule has 9 rings (SSSR count). The Morgan fingerprint density at radius 3 is 1.97 bits per heavy atom. The van der Waals surface area contributed by atoms with E-state index in [1.807, 2.05) is 11.3 Å². The van der Waals surface area contributed by atoms with Gasteiger partial charge in [0.1, 0.15) is 0 Å². The van der Waals surface area contributed by atoms with E-state index in [-0.39, 0.29) is 5.41 Å². The van der Waals surface area contributed by atoms with Crippen LogP contribution in [-0.2, 0) is 5.41 Å². The highest BCUT2D eigenvalue weighted by molar-refractivity contribution is 7.22. The highest BCUT2D eigenvalue weighted by Crippen LogP contribution is 2.67. The summed E-state index contributed by atoms with van der Waals surface area (Å²) in [6, 6.07) is 47.0. The monoisotopic (exact) mass is 487 g/mol. The Morgan fingerprint density at radius 2 is 1.14 bits per heavy atom. The van der Waals surface area contributed by atoms with E-state index >= 15 is 0 Å². The first-order chi connectivity index (χ1) is 18.4. The molecule has 2 aromatic heterocycles. The molecule has 37 heavy (non-hydrogen) atoms. The van der Waals surface area contributed by atoms with Crippen LogP contribution in [0.15, 0.2) is 127 Å². The molecule has 2 heterocycles. The van der Waals surface area contributed by atoms with Gasteiger partial charge in [0.25, 0.3) is 0 Å². The lowest BCUT2D eigenvalue weighted by molar-refractivity contribution is 0.810. The van der Waals surface area contributed by atoms with Crippen molar-refractivity contribution in [1.29, 1.82) is 0 Å². The molecule has 0 N–H and O–H groups in total. The average molecular weight is 488 g/mol. The largest absolute Gasteiger partial charge is 0.309 e. The van der Waals surface area contributed by atoms with Gasteiger partial charge in [0, 0.05) is 31.8 Å². The van der Waals surface area contributed by atoms with Gasteiger partial charge in [-0.1, -0.05) is 103 Å². The molecule has 172 valence electrons. The Kier molecular flexibility index (Phi) is 3.67. The molecular formula is C35H21NS. The van der Waals surface area contributed by atoms with E-state index in [2.05, 4.69) is 132 Å². The smallest absolute Gasteiger partial charge is 0.0762 e. The molecular weight excluding hydrogens is 466 g/mol. The maximum absolute atomic E-state index is 2.49. The summed E-state index contributed by atoms with van der Waals surface area (Å²) in [5.74, 6) is 0. The van der Waals surface area contributed by atoms with Gasteiger partial charge < -0.3 is 4.57 Å². The summed E-state index contributed by atoms with van der Waals surface area (Å²) < 4.78 is 3.85. The third kappa shape index (κ3) is 2.22. The third-order valence-corrected chi connectivity index (χ3v) is 9.60. The van der Waals surface area contributed by atoms with Crippen molar-refractivity contribution < 1.29 is 0 Å². The van der Waals surface area contributed by atoms with E-state index in [4.69, 9.17) is 0 Å². The van der Waals surface area contributed by atoms with Crippen LogP contribution in [0.25, 0.3) is 48.4 Å². The Bertz CT molecular complexity index is 2040. The summed E-state index contributed by atoms with van der Waals surface area (Å²) in [6.07, 6.45) is 0. The van der Waals surface area contributed by atoms with Crippen molar-refractivity contribution in [3.05, 3.63) is 150 Å². The standard InChI is InChI=1S/C35H21NS/c1-2-12-22(13-3-1)36-29-20-10-6-16-25(29)31-33(36)23-14-4-8-18-27(23)35(31)28-19-9-5-15-24(28)34-32(35)26-17-7-11-21-30(26)37-34/h1-21H/t35-/m0/s1. The Balaban J connectivity index is 1.57. The van der Waals surface area contributed by atoms with Gasteiger partial charge in [-0.25, -0.2) is 0 Å². The maximum atomic E-state index is 2.49. The molecule has 1 nitrogen and oxygen atoms in total. The van der Waals surface area contributed by atoms with E-state index < -0.39 is 0 Å². The van der Waals surface area contributed by atoms with Gasteiger partial charge in [0.2, 0.25) is 0 Å². The molecule has 0 amide bonds. The topological polar surface area (TPSA) is 4.93 Å². The molecule has 2 aliphatic carbocycles. The minimum absolute atomic E-state index is 0.350. The zero-order valence-corrected chi connectivity index (χ0v) is 20.8. The molecule has 7 aromatic rings. The van der Waals surface area contributed by atoms with Crippen molar-refractivity contribution in [2.45, 2.75) is 5.41 Å². The van der Waals surface area contributed by atoms with E-state index in [9.17, 15) is 0 Å². The third-order valence-electron chi connectivity index (χ3n) is 8.40. The second-order valence-corrected chi connectivity index (χ2v) is 11.1. The molecule has 1 spiro atoms. The van der Waals surface area contributed by atoms with Gasteiger partial charge in [0.15, 0.2) is 0 Å². The van der Waals surface area contributed by atoms with E-state index in [1.165, 1.54) is 70.6 Å². The average Bonchev–Trinajstić information content (AvgIpc) is 3.67. The molecule has 5 aromatic carbocycles. The molecule has 1 atom stereocenters. The van der Waals surface area contributed by atoms with Crippen LogP contribution >= 0.6 is 11.3 Å². The predicted molar refractivity (Wildman–Crippen MR) is 155 cm³/mol. The summed E-state index contributed by atoms with van der Waals surface area (Å²) >= 11 is 1.94. The van der Waals surface area contributed by atoms with Gasteiger partial charge in [-0.05, 0) is 51.9 Å². The van der Waals surface area contributed by atoms with Crippen LogP contribution in [0.2, 0.25) is 0 Å². The minimum atomic E-state index is -0.350. The quantitative estimate of drug-likeness (QED) is 0.217. The number of rotatable bonds is 1. The number of benzene rings is 5. The summed E-state index contributed by atoms with van der Waals surface area (Å²) in [5, 5.41) is 2.70. The number of aromatic nitrogens is 1. The molecule has 2 heteroatoms. The number of hydrogen-bond donors (Lipinski definition) is 0. The molecule has 0 bridgehead atoms. The van der Waals surface area contributed by atoms with Gasteiger partial charge in [-0.2, -0.15) is 0 Å². The van der Waals surface area contributed by atoms with Crippen LogP contribution in [0.4, 0.5) is 0 Å². The molecule has 0 saturated carbocycles. The number of para-hydroxylation sites is 2. The fourth-order valence-corrected chi connectivity index (χ4v) is 8.46. The Labute approximate surface area is 218 Å². The zero-order valence-electron chi connectivity index (χ0n) is 20.0. The van der Waals surface area contributed by atoms with Crippen molar-refractivity contribution >= 4 is 32.3 Å². The highest BCUT2D eigenvalue weighted by Gasteiger charge is 2.55. The van der Waals surface area contributed by atoms with E-state index in [0.717, 1.165) is 0 Å². The fraction of sp³-hybridized carbons (Fsp3) is 0.0286. The summed E-state index contributed by atoms with van der Waals surface area (Å²) in [7, 11) is 0. The van der Waals surface area contributed by atoms with Crippen molar-refractivity contribution in [3.63, 3.8) is 0 Å². The van der Waals surface area contributed by atoms with Gasteiger partial charge in [-0.15, -0.1) is 11.3 Å². The maximum Gasteiger partial charge on any atom is 0.0762 e. The van der Waals surface area contributed by atoms with Gasteiger partial charge in [-0.3, -0.25) is 0 Å². The second kappa shape index (κ2) is 6.88. The lowest BCUT2D eigenvalue weighted by Crippen LogP contribution is -2.25. The summed E-state index contributed by atoms with van der Waals surface area (Å²) in [6.45, 7) is 0. The number of hydrogen-bond acceptors (Lipinski definition) is 1. The lowest BCUT2D eigenvalue weighted by atomic mass is 9.69. The molecule has 0 aliphatic heterocycles. The van der Waals surface area contributed by atoms with Crippen LogP contribution in [0.3, 0.4) is 0 Å². The molecule has 0 radical (unpaired) electrons. The van der Waals surface area contributed by atoms with Gasteiger partial charge in [0.05, 0.1) is 16.6 Å². The number of nitrogens with zero attached hydrogens (tertiary/aromatic N) is 1. The predicted octanol–water partition coefficient (Wildman–Crippen LogP) is 9.19. The first kappa shape index (κ1) is 19.7. The number of fused-ring (bicyclic) bond motifs is 14. The lowest BCUT2D eigenvalue weighted by Gasteiger charge is -2.30. The van der Waals surface area contributed by atoms with Crippen LogP contribution in [0.5, 0.6) is 0 Å². The SMILES string of the molecule is c1ccc(-n2c3c(c4ccccc42)[C@@]2(c4ccccc4-c4sc5ccccc5c42)c2ccccc2-3)cc1. The second-order valence-electron chi connectivity index (χ2n) is 10.1. The molecule has 0 saturated heterocycles.